The number of allylic oxidation sites excluding steroid dienone is 2. The Morgan fingerprint density at radius 1 is 1.29 bits per heavy atom. The molecule has 0 bridgehead atoms. The van der Waals surface area contributed by atoms with Crippen molar-refractivity contribution < 1.29 is 9.53 Å². The topological polar surface area (TPSA) is 26.3 Å². The Kier molecular flexibility index (Phi) is 9.28. The molecule has 0 aliphatic rings. The lowest BCUT2D eigenvalue weighted by Crippen LogP contribution is -2.01. The van der Waals surface area contributed by atoms with E-state index in [-0.39, 0.29) is 5.97 Å². The highest BCUT2D eigenvalue weighted by Crippen LogP contribution is 2.03. The molecule has 0 rings (SSSR count). The monoisotopic (exact) mass is 196 g/mol. The van der Waals surface area contributed by atoms with Crippen LogP contribution in [0.4, 0.5) is 0 Å². The normalized spacial score (nSPS) is 10.4. The lowest BCUT2D eigenvalue weighted by Gasteiger charge is -2.01. The van der Waals surface area contributed by atoms with E-state index in [2.05, 4.69) is 18.7 Å². The quantitative estimate of drug-likeness (QED) is 0.258. The van der Waals surface area contributed by atoms with Gasteiger partial charge in [0.2, 0.25) is 0 Å². The van der Waals surface area contributed by atoms with Gasteiger partial charge in [-0.25, -0.2) is 4.79 Å². The maximum atomic E-state index is 10.6. The molecule has 0 saturated carbocycles. The van der Waals surface area contributed by atoms with Crippen LogP contribution in [0.3, 0.4) is 0 Å². The first-order chi connectivity index (χ1) is 6.81. The van der Waals surface area contributed by atoms with Crippen LogP contribution < -0.4 is 0 Å². The summed E-state index contributed by atoms with van der Waals surface area (Å²) in [5, 5.41) is 0. The van der Waals surface area contributed by atoms with Crippen LogP contribution in [0.5, 0.6) is 0 Å². The van der Waals surface area contributed by atoms with E-state index in [1.54, 1.807) is 0 Å². The number of carbonyl (C=O) groups is 1. The summed E-state index contributed by atoms with van der Waals surface area (Å²) in [6.07, 6.45) is 11.1. The van der Waals surface area contributed by atoms with Gasteiger partial charge in [-0.15, -0.1) is 0 Å². The first kappa shape index (κ1) is 12.9. The van der Waals surface area contributed by atoms with E-state index in [1.807, 2.05) is 6.92 Å². The van der Waals surface area contributed by atoms with Gasteiger partial charge >= 0.3 is 5.97 Å². The maximum absolute atomic E-state index is 10.6. The van der Waals surface area contributed by atoms with Crippen molar-refractivity contribution in [3.05, 3.63) is 24.8 Å². The molecule has 0 aromatic carbocycles. The fourth-order valence-corrected chi connectivity index (χ4v) is 1.12. The Hall–Kier alpha value is -1.05. The summed E-state index contributed by atoms with van der Waals surface area (Å²) in [6.45, 7) is 5.89. The van der Waals surface area contributed by atoms with Crippen LogP contribution in [0.2, 0.25) is 0 Å². The zero-order valence-corrected chi connectivity index (χ0v) is 9.00. The summed E-state index contributed by atoms with van der Waals surface area (Å²) < 4.78 is 4.85. The molecular formula is C12H20O2. The smallest absolute Gasteiger partial charge is 0.330 e. The Morgan fingerprint density at radius 2 is 2.00 bits per heavy atom. The minimum Gasteiger partial charge on any atom is -0.463 e. The average molecular weight is 196 g/mol. The van der Waals surface area contributed by atoms with Gasteiger partial charge in [0, 0.05) is 6.08 Å². The largest absolute Gasteiger partial charge is 0.463 e. The molecule has 0 fully saturated rings. The van der Waals surface area contributed by atoms with Gasteiger partial charge in [0.15, 0.2) is 0 Å². The highest BCUT2D eigenvalue weighted by Gasteiger charge is 1.94. The molecule has 2 nitrogen and oxygen atoms in total. The van der Waals surface area contributed by atoms with E-state index >= 15 is 0 Å². The molecule has 0 radical (unpaired) electrons. The third-order valence-electron chi connectivity index (χ3n) is 1.91. The molecule has 0 aliphatic carbocycles. The van der Waals surface area contributed by atoms with Gasteiger partial charge in [0.25, 0.3) is 0 Å². The third kappa shape index (κ3) is 9.04. The van der Waals surface area contributed by atoms with Crippen LogP contribution in [0.15, 0.2) is 24.8 Å². The van der Waals surface area contributed by atoms with Crippen LogP contribution in [0.1, 0.15) is 39.0 Å². The second-order valence-electron chi connectivity index (χ2n) is 3.14. The predicted octanol–water partition coefficient (Wildman–Crippen LogP) is 3.24. The molecule has 0 amide bonds. The van der Waals surface area contributed by atoms with Crippen molar-refractivity contribution in [2.45, 2.75) is 39.0 Å². The predicted molar refractivity (Wildman–Crippen MR) is 59.1 cm³/mol. The number of rotatable bonds is 8. The van der Waals surface area contributed by atoms with E-state index in [1.165, 1.54) is 18.9 Å². The van der Waals surface area contributed by atoms with Gasteiger partial charge in [-0.05, 0) is 26.2 Å². The minimum atomic E-state index is -0.320. The van der Waals surface area contributed by atoms with Crippen LogP contribution in [-0.2, 0) is 9.53 Å². The molecule has 0 heterocycles. The molecule has 0 spiro atoms. The van der Waals surface area contributed by atoms with Gasteiger partial charge in [-0.2, -0.15) is 0 Å². The molecule has 0 N–H and O–H groups in total. The summed E-state index contributed by atoms with van der Waals surface area (Å²) in [5.74, 6) is -0.320. The lowest BCUT2D eigenvalue weighted by atomic mass is 10.1. The van der Waals surface area contributed by atoms with E-state index in [4.69, 9.17) is 4.74 Å². The standard InChI is InChI=1S/C12H20O2/c1-3-5-6-7-8-9-10-11-14-12(13)4-2/h3-5H,2,6-11H2,1H3. The van der Waals surface area contributed by atoms with Crippen molar-refractivity contribution >= 4 is 5.97 Å². The molecule has 0 saturated heterocycles. The Bertz CT molecular complexity index is 183. The molecule has 2 heteroatoms. The number of hydrogen-bond donors (Lipinski definition) is 0. The van der Waals surface area contributed by atoms with Crippen molar-refractivity contribution in [3.63, 3.8) is 0 Å². The first-order valence-electron chi connectivity index (χ1n) is 5.21. The minimum absolute atomic E-state index is 0.320. The SMILES string of the molecule is C=CC(=O)OCCCCCCC=CC. The Labute approximate surface area is 86.6 Å². The van der Waals surface area contributed by atoms with E-state index in [0.717, 1.165) is 19.3 Å². The molecule has 14 heavy (non-hydrogen) atoms. The third-order valence-corrected chi connectivity index (χ3v) is 1.91. The van der Waals surface area contributed by atoms with Gasteiger partial charge in [-0.3, -0.25) is 0 Å². The molecular weight excluding hydrogens is 176 g/mol. The lowest BCUT2D eigenvalue weighted by molar-refractivity contribution is -0.137. The number of unbranched alkanes of at least 4 members (excludes halogenated alkanes) is 4. The van der Waals surface area contributed by atoms with Gasteiger partial charge < -0.3 is 4.74 Å². The number of ether oxygens (including phenoxy) is 1. The number of carbonyl (C=O) groups excluding carboxylic acids is 1. The van der Waals surface area contributed by atoms with Crippen LogP contribution in [-0.4, -0.2) is 12.6 Å². The molecule has 80 valence electrons. The van der Waals surface area contributed by atoms with Crippen LogP contribution >= 0.6 is 0 Å². The van der Waals surface area contributed by atoms with Crippen LogP contribution in [0, 0.1) is 0 Å². The zero-order chi connectivity index (χ0) is 10.6. The highest BCUT2D eigenvalue weighted by molar-refractivity contribution is 5.81. The summed E-state index contributed by atoms with van der Waals surface area (Å²) in [5.41, 5.74) is 0. The number of esters is 1. The maximum Gasteiger partial charge on any atom is 0.330 e. The van der Waals surface area contributed by atoms with E-state index in [0.29, 0.717) is 6.61 Å². The fourth-order valence-electron chi connectivity index (χ4n) is 1.12. The van der Waals surface area contributed by atoms with E-state index < -0.39 is 0 Å². The van der Waals surface area contributed by atoms with Crippen molar-refractivity contribution in [1.82, 2.24) is 0 Å². The Morgan fingerprint density at radius 3 is 2.64 bits per heavy atom. The fraction of sp³-hybridized carbons (Fsp3) is 0.583. The van der Waals surface area contributed by atoms with Crippen molar-refractivity contribution in [2.24, 2.45) is 0 Å². The molecule has 0 aromatic heterocycles. The molecule has 0 unspecified atom stereocenters. The number of hydrogen-bond acceptors (Lipinski definition) is 2. The van der Waals surface area contributed by atoms with Crippen molar-refractivity contribution in [2.75, 3.05) is 6.61 Å². The van der Waals surface area contributed by atoms with Crippen molar-refractivity contribution in [1.29, 1.82) is 0 Å². The average Bonchev–Trinajstić information content (AvgIpc) is 2.21. The Balaban J connectivity index is 3.06. The van der Waals surface area contributed by atoms with Gasteiger partial charge in [0.05, 0.1) is 6.61 Å². The second kappa shape index (κ2) is 10.0. The summed E-state index contributed by atoms with van der Waals surface area (Å²) in [7, 11) is 0. The molecule has 0 atom stereocenters. The summed E-state index contributed by atoms with van der Waals surface area (Å²) >= 11 is 0. The summed E-state index contributed by atoms with van der Waals surface area (Å²) in [6, 6.07) is 0. The second-order valence-corrected chi connectivity index (χ2v) is 3.14. The summed E-state index contributed by atoms with van der Waals surface area (Å²) in [4.78, 5) is 10.6. The van der Waals surface area contributed by atoms with Gasteiger partial charge in [0.1, 0.15) is 0 Å². The highest BCUT2D eigenvalue weighted by atomic mass is 16.5. The zero-order valence-electron chi connectivity index (χ0n) is 9.00. The van der Waals surface area contributed by atoms with Crippen molar-refractivity contribution in [3.8, 4) is 0 Å². The van der Waals surface area contributed by atoms with Gasteiger partial charge in [-0.1, -0.05) is 31.6 Å². The first-order valence-corrected chi connectivity index (χ1v) is 5.21. The molecule has 0 aromatic rings. The van der Waals surface area contributed by atoms with E-state index in [9.17, 15) is 4.79 Å². The molecule has 0 aliphatic heterocycles. The van der Waals surface area contributed by atoms with Crippen LogP contribution in [0.25, 0.3) is 0 Å².